The minimum Gasteiger partial charge on any atom is -0.462 e. The number of H-pyrrole nitrogens is 1. The normalized spacial score (nSPS) is 15.2. The first kappa shape index (κ1) is 21.7. The van der Waals surface area contributed by atoms with E-state index in [1.54, 1.807) is 11.8 Å². The molecule has 2 heterocycles. The number of hydrogen-bond donors (Lipinski definition) is 2. The summed E-state index contributed by atoms with van der Waals surface area (Å²) in [5.74, 6) is -1.10. The molecule has 10 heteroatoms. The number of piperidine rings is 1. The summed E-state index contributed by atoms with van der Waals surface area (Å²) < 4.78 is 19.7. The highest BCUT2D eigenvalue weighted by Gasteiger charge is 2.31. The van der Waals surface area contributed by atoms with Crippen LogP contribution in [0.25, 0.3) is 11.4 Å². The number of esters is 1. The molecule has 1 aromatic carbocycles. The van der Waals surface area contributed by atoms with Crippen molar-refractivity contribution in [3.63, 3.8) is 0 Å². The van der Waals surface area contributed by atoms with Gasteiger partial charge in [0.1, 0.15) is 11.4 Å². The molecule has 9 nitrogen and oxygen atoms in total. The molecule has 0 spiro atoms. The molecule has 0 unspecified atom stereocenters. The maximum absolute atomic E-state index is 14.8. The monoisotopic (exact) mass is 418 g/mol. The van der Waals surface area contributed by atoms with Crippen molar-refractivity contribution >= 4 is 17.7 Å². The Bertz CT molecular complexity index is 902. The summed E-state index contributed by atoms with van der Waals surface area (Å²) in [5.41, 5.74) is 0.183. The van der Waals surface area contributed by atoms with E-state index in [4.69, 9.17) is 4.74 Å². The number of amides is 2. The molecule has 162 valence electrons. The van der Waals surface area contributed by atoms with Crippen LogP contribution in [0.3, 0.4) is 0 Å². The number of hydrogen-bond acceptors (Lipinski definition) is 6. The highest BCUT2D eigenvalue weighted by molar-refractivity contribution is 5.99. The van der Waals surface area contributed by atoms with E-state index in [0.717, 1.165) is 18.9 Å². The second-order valence-electron chi connectivity index (χ2n) is 8.39. The highest BCUT2D eigenvalue weighted by atomic mass is 19.1. The number of nitrogens with one attached hydrogen (secondary N) is 2. The molecule has 1 saturated heterocycles. The number of benzene rings is 1. The van der Waals surface area contributed by atoms with Gasteiger partial charge in [0, 0.05) is 24.3 Å². The van der Waals surface area contributed by atoms with Crippen LogP contribution in [0, 0.1) is 17.2 Å². The Balaban J connectivity index is 1.80. The van der Waals surface area contributed by atoms with Gasteiger partial charge in [-0.2, -0.15) is 5.21 Å². The van der Waals surface area contributed by atoms with E-state index >= 15 is 0 Å². The summed E-state index contributed by atoms with van der Waals surface area (Å²) in [6.07, 6.45) is 1.84. The lowest BCUT2D eigenvalue weighted by Gasteiger charge is -2.38. The average molecular weight is 418 g/mol. The molecular formula is C20H27FN6O3. The van der Waals surface area contributed by atoms with Crippen LogP contribution >= 0.6 is 0 Å². The smallest absolute Gasteiger partial charge is 0.341 e. The molecule has 1 aliphatic rings. The second-order valence-corrected chi connectivity index (χ2v) is 8.39. The minimum absolute atomic E-state index is 0.0269. The molecule has 0 saturated carbocycles. The van der Waals surface area contributed by atoms with Gasteiger partial charge in [-0.25, -0.2) is 14.0 Å². The van der Waals surface area contributed by atoms with E-state index in [1.165, 1.54) is 6.07 Å². The number of carbonyl (C=O) groups is 2. The summed E-state index contributed by atoms with van der Waals surface area (Å²) in [6.45, 7) is 9.61. The van der Waals surface area contributed by atoms with Crippen molar-refractivity contribution in [2.75, 3.05) is 25.0 Å². The van der Waals surface area contributed by atoms with Gasteiger partial charge in [-0.15, -0.1) is 10.2 Å². The number of rotatable bonds is 4. The van der Waals surface area contributed by atoms with Gasteiger partial charge in [0.05, 0.1) is 6.61 Å². The SMILES string of the molecule is CCOC(=O)c1c(F)cc(NC(=O)N2CCC(C(C)(C)C)CC2)cc1-c1nn[nH]n1. The molecule has 2 amide bonds. The lowest BCUT2D eigenvalue weighted by Crippen LogP contribution is -2.43. The number of halogens is 1. The number of likely N-dealkylation sites (tertiary alicyclic amines) is 1. The number of urea groups is 1. The zero-order chi connectivity index (χ0) is 21.9. The average Bonchev–Trinajstić information content (AvgIpc) is 3.21. The number of tetrazole rings is 1. The van der Waals surface area contributed by atoms with Gasteiger partial charge in [0.25, 0.3) is 0 Å². The Morgan fingerprint density at radius 2 is 2.00 bits per heavy atom. The van der Waals surface area contributed by atoms with Crippen molar-refractivity contribution in [2.45, 2.75) is 40.5 Å². The number of ether oxygens (including phenoxy) is 1. The van der Waals surface area contributed by atoms with Gasteiger partial charge in [-0.1, -0.05) is 20.8 Å². The van der Waals surface area contributed by atoms with Crippen molar-refractivity contribution in [1.29, 1.82) is 0 Å². The molecular weight excluding hydrogens is 391 g/mol. The summed E-state index contributed by atoms with van der Waals surface area (Å²) in [6, 6.07) is 2.22. The molecule has 0 atom stereocenters. The zero-order valence-corrected chi connectivity index (χ0v) is 17.7. The Hall–Kier alpha value is -3.04. The Morgan fingerprint density at radius 3 is 2.57 bits per heavy atom. The number of anilines is 1. The summed E-state index contributed by atoms with van der Waals surface area (Å²) >= 11 is 0. The number of aromatic nitrogens is 4. The number of aromatic amines is 1. The predicted octanol–water partition coefficient (Wildman–Crippen LogP) is 3.47. The first-order chi connectivity index (χ1) is 14.2. The van der Waals surface area contributed by atoms with E-state index < -0.39 is 11.8 Å². The molecule has 3 rings (SSSR count). The van der Waals surface area contributed by atoms with Gasteiger partial charge < -0.3 is 15.0 Å². The van der Waals surface area contributed by atoms with Crippen LogP contribution in [0.5, 0.6) is 0 Å². The molecule has 30 heavy (non-hydrogen) atoms. The van der Waals surface area contributed by atoms with Gasteiger partial charge in [-0.05, 0) is 48.4 Å². The van der Waals surface area contributed by atoms with Crippen LogP contribution in [0.4, 0.5) is 14.9 Å². The third-order valence-electron chi connectivity index (χ3n) is 5.41. The van der Waals surface area contributed by atoms with Gasteiger partial charge in [0.2, 0.25) is 5.82 Å². The quantitative estimate of drug-likeness (QED) is 0.735. The van der Waals surface area contributed by atoms with Crippen molar-refractivity contribution < 1.29 is 18.7 Å². The highest BCUT2D eigenvalue weighted by Crippen LogP contribution is 2.34. The fraction of sp³-hybridized carbons (Fsp3) is 0.550. The topological polar surface area (TPSA) is 113 Å². The minimum atomic E-state index is -0.836. The molecule has 0 bridgehead atoms. The fourth-order valence-electron chi connectivity index (χ4n) is 3.69. The summed E-state index contributed by atoms with van der Waals surface area (Å²) in [4.78, 5) is 26.7. The first-order valence-corrected chi connectivity index (χ1v) is 10.0. The van der Waals surface area contributed by atoms with Crippen LogP contribution in [0.15, 0.2) is 12.1 Å². The Kier molecular flexibility index (Phi) is 6.33. The zero-order valence-electron chi connectivity index (χ0n) is 17.7. The van der Waals surface area contributed by atoms with Crippen LogP contribution < -0.4 is 5.32 Å². The van der Waals surface area contributed by atoms with Crippen molar-refractivity contribution in [3.05, 3.63) is 23.5 Å². The van der Waals surface area contributed by atoms with Gasteiger partial charge in [-0.3, -0.25) is 0 Å². The van der Waals surface area contributed by atoms with Crippen LogP contribution in [-0.4, -0.2) is 57.2 Å². The molecule has 2 aromatic rings. The van der Waals surface area contributed by atoms with E-state index in [1.807, 2.05) is 0 Å². The van der Waals surface area contributed by atoms with Crippen LogP contribution in [0.1, 0.15) is 50.9 Å². The largest absolute Gasteiger partial charge is 0.462 e. The lowest BCUT2D eigenvalue weighted by molar-refractivity contribution is 0.0522. The molecule has 0 aliphatic carbocycles. The lowest BCUT2D eigenvalue weighted by atomic mass is 9.75. The number of nitrogens with zero attached hydrogens (tertiary/aromatic N) is 4. The maximum atomic E-state index is 14.8. The summed E-state index contributed by atoms with van der Waals surface area (Å²) in [7, 11) is 0. The second kappa shape index (κ2) is 8.76. The summed E-state index contributed by atoms with van der Waals surface area (Å²) in [5, 5.41) is 16.1. The fourth-order valence-corrected chi connectivity index (χ4v) is 3.69. The van der Waals surface area contributed by atoms with Gasteiger partial charge in [0.15, 0.2) is 0 Å². The van der Waals surface area contributed by atoms with E-state index in [0.29, 0.717) is 19.0 Å². The van der Waals surface area contributed by atoms with Crippen molar-refractivity contribution in [1.82, 2.24) is 25.5 Å². The standard InChI is InChI=1S/C20H27FN6O3/c1-5-30-18(28)16-14(17-23-25-26-24-17)10-13(11-15(16)21)22-19(29)27-8-6-12(7-9-27)20(2,3)4/h10-12H,5-9H2,1-4H3,(H,22,29)(H,23,24,25,26). The van der Waals surface area contributed by atoms with Crippen molar-refractivity contribution in [3.8, 4) is 11.4 Å². The number of carbonyl (C=O) groups excluding carboxylic acids is 2. The molecule has 1 aliphatic heterocycles. The van der Waals surface area contributed by atoms with Gasteiger partial charge >= 0.3 is 12.0 Å². The Morgan fingerprint density at radius 1 is 1.30 bits per heavy atom. The van der Waals surface area contributed by atoms with E-state index in [-0.39, 0.29) is 40.7 Å². The molecule has 1 aromatic heterocycles. The maximum Gasteiger partial charge on any atom is 0.341 e. The molecule has 1 fully saturated rings. The third kappa shape index (κ3) is 4.74. The predicted molar refractivity (Wildman–Crippen MR) is 108 cm³/mol. The third-order valence-corrected chi connectivity index (χ3v) is 5.41. The van der Waals surface area contributed by atoms with E-state index in [9.17, 15) is 14.0 Å². The molecule has 0 radical (unpaired) electrons. The first-order valence-electron chi connectivity index (χ1n) is 10.0. The van der Waals surface area contributed by atoms with Crippen molar-refractivity contribution in [2.24, 2.45) is 11.3 Å². The molecule has 2 N–H and O–H groups in total. The van der Waals surface area contributed by atoms with E-state index in [2.05, 4.69) is 46.7 Å². The Labute approximate surface area is 174 Å². The van der Waals surface area contributed by atoms with Crippen LogP contribution in [-0.2, 0) is 4.74 Å². The van der Waals surface area contributed by atoms with Crippen LogP contribution in [0.2, 0.25) is 0 Å².